The molecule has 2 rings (SSSR count). The molecule has 2 aromatic rings. The van der Waals surface area contributed by atoms with E-state index in [-0.39, 0.29) is 12.3 Å². The second-order valence-electron chi connectivity index (χ2n) is 5.19. The third-order valence-electron chi connectivity index (χ3n) is 3.64. The third kappa shape index (κ3) is 4.59. The molecule has 9 heteroatoms. The van der Waals surface area contributed by atoms with E-state index in [9.17, 15) is 9.59 Å². The number of imidazole rings is 1. The van der Waals surface area contributed by atoms with Gasteiger partial charge in [0.25, 0.3) is 12.5 Å². The predicted molar refractivity (Wildman–Crippen MR) is 104 cm³/mol. The number of aromatic nitrogens is 2. The van der Waals surface area contributed by atoms with Gasteiger partial charge < -0.3 is 15.0 Å². The van der Waals surface area contributed by atoms with Crippen molar-refractivity contribution in [3.8, 4) is 6.57 Å². The minimum Gasteiger partial charge on any atom is -0.467 e. The Labute approximate surface area is 160 Å². The molecule has 136 valence electrons. The molecule has 7 nitrogen and oxygen atoms in total. The zero-order chi connectivity index (χ0) is 19.1. The van der Waals surface area contributed by atoms with Crippen LogP contribution in [0.1, 0.15) is 16.1 Å². The lowest BCUT2D eigenvalue weighted by Crippen LogP contribution is -2.43. The number of nitrogens with zero attached hydrogens (tertiary/aromatic N) is 2. The van der Waals surface area contributed by atoms with Gasteiger partial charge in [-0.15, -0.1) is 23.5 Å². The Balaban J connectivity index is 2.28. The van der Waals surface area contributed by atoms with Crippen molar-refractivity contribution in [3.05, 3.63) is 40.8 Å². The number of carbonyl (C=O) groups is 2. The number of carbonyl (C=O) groups excluding carboxylic acids is 2. The third-order valence-corrected chi connectivity index (χ3v) is 5.14. The van der Waals surface area contributed by atoms with Crippen molar-refractivity contribution in [1.29, 1.82) is 0 Å². The number of nitrogens with one attached hydrogen (secondary N) is 2. The first kappa shape index (κ1) is 19.9. The fraction of sp³-hybridized carbons (Fsp3) is 0.294. The maximum atomic E-state index is 12.7. The van der Waals surface area contributed by atoms with Crippen molar-refractivity contribution in [3.63, 3.8) is 0 Å². The monoisotopic (exact) mass is 391 g/mol. The van der Waals surface area contributed by atoms with Crippen LogP contribution in [0.15, 0.2) is 34.4 Å². The van der Waals surface area contributed by atoms with Gasteiger partial charge >= 0.3 is 11.7 Å². The molecule has 0 unspecified atom stereocenters. The number of H-pyrrole nitrogens is 1. The lowest BCUT2D eigenvalue weighted by Gasteiger charge is -2.16. The van der Waals surface area contributed by atoms with Gasteiger partial charge in [-0.05, 0) is 29.5 Å². The number of hydrogen-bond acceptors (Lipinski definition) is 6. The molecule has 0 aliphatic carbocycles. The summed E-state index contributed by atoms with van der Waals surface area (Å²) in [5.74, 6) is -0.911. The standard InChI is InChI=1S/C17H18N4O3S2/c1-18-15-13(25-3)5-10(6-14(15)26-4)16(22)21-12(17(23)24-2)7-11-8-19-9-20-11/h1,5-6,8-9,12H,7H2,2-4H3,(H-,19,20,21,22)/p+1/t12-/m1/s1. The summed E-state index contributed by atoms with van der Waals surface area (Å²) in [4.78, 5) is 37.0. The van der Waals surface area contributed by atoms with Crippen LogP contribution in [0.25, 0.3) is 4.85 Å². The number of esters is 1. The quantitative estimate of drug-likeness (QED) is 0.557. The fourth-order valence-corrected chi connectivity index (χ4v) is 3.61. The van der Waals surface area contributed by atoms with Crippen LogP contribution in [0.4, 0.5) is 5.69 Å². The molecule has 1 amide bonds. The summed E-state index contributed by atoms with van der Waals surface area (Å²) in [5, 5.41) is 2.72. The van der Waals surface area contributed by atoms with Crippen molar-refractivity contribution < 1.29 is 14.3 Å². The van der Waals surface area contributed by atoms with Gasteiger partial charge in [0, 0.05) is 23.9 Å². The molecular formula is C17H19N4O3S2+. The highest BCUT2D eigenvalue weighted by atomic mass is 32.2. The maximum absolute atomic E-state index is 12.7. The Morgan fingerprint density at radius 2 is 2.00 bits per heavy atom. The molecule has 1 heterocycles. The van der Waals surface area contributed by atoms with Crippen LogP contribution >= 0.6 is 23.5 Å². The predicted octanol–water partition coefficient (Wildman–Crippen LogP) is 2.96. The Hall–Kier alpha value is -2.44. The Morgan fingerprint density at radius 1 is 1.35 bits per heavy atom. The number of hydrogen-bond donors (Lipinski definition) is 2. The van der Waals surface area contributed by atoms with Crippen LogP contribution in [0.3, 0.4) is 0 Å². The number of aromatic amines is 1. The van der Waals surface area contributed by atoms with E-state index in [1.54, 1.807) is 18.3 Å². The number of amides is 1. The van der Waals surface area contributed by atoms with E-state index in [1.165, 1.54) is 37.0 Å². The van der Waals surface area contributed by atoms with E-state index in [2.05, 4.69) is 20.1 Å². The molecule has 26 heavy (non-hydrogen) atoms. The zero-order valence-corrected chi connectivity index (χ0v) is 16.2. The normalized spacial score (nSPS) is 11.5. The number of ether oxygens (including phenoxy) is 1. The van der Waals surface area contributed by atoms with Crippen molar-refractivity contribution >= 4 is 41.1 Å². The lowest BCUT2D eigenvalue weighted by atomic mass is 10.1. The van der Waals surface area contributed by atoms with Crippen molar-refractivity contribution in [1.82, 2.24) is 15.3 Å². The van der Waals surface area contributed by atoms with Gasteiger partial charge in [0.15, 0.2) is 0 Å². The zero-order valence-electron chi connectivity index (χ0n) is 14.6. The summed E-state index contributed by atoms with van der Waals surface area (Å²) in [6.45, 7) is 5.47. The molecule has 2 N–H and O–H groups in total. The smallest absolute Gasteiger partial charge is 0.366 e. The maximum Gasteiger partial charge on any atom is 0.366 e. The highest BCUT2D eigenvalue weighted by Gasteiger charge is 2.25. The van der Waals surface area contributed by atoms with Crippen LogP contribution < -0.4 is 5.32 Å². The molecule has 0 aliphatic rings. The van der Waals surface area contributed by atoms with Gasteiger partial charge in [-0.1, -0.05) is 0 Å². The molecule has 1 aromatic heterocycles. The fourth-order valence-electron chi connectivity index (χ4n) is 2.35. The van der Waals surface area contributed by atoms with Crippen molar-refractivity contribution in [2.24, 2.45) is 0 Å². The molecule has 0 bridgehead atoms. The lowest BCUT2D eigenvalue weighted by molar-refractivity contribution is -0.142. The van der Waals surface area contributed by atoms with Gasteiger partial charge in [0.2, 0.25) is 0 Å². The number of rotatable bonds is 7. The molecule has 0 spiro atoms. The molecule has 0 radical (unpaired) electrons. The van der Waals surface area contributed by atoms with E-state index in [0.29, 0.717) is 16.9 Å². The second-order valence-corrected chi connectivity index (χ2v) is 6.88. The average molecular weight is 391 g/mol. The SMILES string of the molecule is C#[N+]c1c(SC)cc(C(=O)N[C@H](Cc2cnc[nH]2)C(=O)OC)cc1SC. The Morgan fingerprint density at radius 3 is 2.46 bits per heavy atom. The Bertz CT molecular complexity index is 806. The number of thioether (sulfide) groups is 2. The molecule has 0 saturated heterocycles. The summed E-state index contributed by atoms with van der Waals surface area (Å²) < 4.78 is 4.80. The van der Waals surface area contributed by atoms with Gasteiger partial charge in [0.05, 0.1) is 13.4 Å². The number of methoxy groups -OCH3 is 1. The summed E-state index contributed by atoms with van der Waals surface area (Å²) in [6, 6.07) is 2.58. The van der Waals surface area contributed by atoms with Crippen LogP contribution in [-0.2, 0) is 16.0 Å². The van der Waals surface area contributed by atoms with Crippen LogP contribution in [0.5, 0.6) is 0 Å². The summed E-state index contributed by atoms with van der Waals surface area (Å²) in [7, 11) is 1.28. The second kappa shape index (κ2) is 9.31. The van der Waals surface area contributed by atoms with Crippen LogP contribution in [0, 0.1) is 6.57 Å². The van der Waals surface area contributed by atoms with Gasteiger partial charge in [-0.25, -0.2) is 9.78 Å². The topological polar surface area (TPSA) is 88.4 Å². The van der Waals surface area contributed by atoms with Crippen molar-refractivity contribution in [2.75, 3.05) is 19.6 Å². The van der Waals surface area contributed by atoms with Gasteiger partial charge in [-0.3, -0.25) is 4.79 Å². The first-order valence-corrected chi connectivity index (χ1v) is 10.0. The summed E-state index contributed by atoms with van der Waals surface area (Å²) >= 11 is 2.89. The first-order valence-electron chi connectivity index (χ1n) is 7.56. The van der Waals surface area contributed by atoms with Crippen molar-refractivity contribution in [2.45, 2.75) is 22.3 Å². The largest absolute Gasteiger partial charge is 0.467 e. The highest BCUT2D eigenvalue weighted by molar-refractivity contribution is 7.99. The average Bonchev–Trinajstić information content (AvgIpc) is 3.18. The molecule has 0 saturated carbocycles. The summed E-state index contributed by atoms with van der Waals surface area (Å²) in [6.07, 6.45) is 7.11. The Kier molecular flexibility index (Phi) is 7.12. The highest BCUT2D eigenvalue weighted by Crippen LogP contribution is 2.37. The first-order chi connectivity index (χ1) is 12.5. The minimum absolute atomic E-state index is 0.249. The molecule has 1 aromatic carbocycles. The van der Waals surface area contributed by atoms with Crippen LogP contribution in [-0.4, -0.2) is 47.5 Å². The van der Waals surface area contributed by atoms with E-state index < -0.39 is 12.0 Å². The molecular weight excluding hydrogens is 372 g/mol. The van der Waals surface area contributed by atoms with E-state index >= 15 is 0 Å². The van der Waals surface area contributed by atoms with Gasteiger partial charge in [-0.2, -0.15) is 0 Å². The molecule has 0 aliphatic heterocycles. The minimum atomic E-state index is -0.831. The molecule has 0 fully saturated rings. The van der Waals surface area contributed by atoms with Gasteiger partial charge in [0.1, 0.15) is 15.8 Å². The number of benzene rings is 1. The summed E-state index contributed by atoms with van der Waals surface area (Å²) in [5.41, 5.74) is 1.78. The van der Waals surface area contributed by atoms with E-state index in [0.717, 1.165) is 9.79 Å². The van der Waals surface area contributed by atoms with E-state index in [1.807, 2.05) is 12.5 Å². The van der Waals surface area contributed by atoms with E-state index in [4.69, 9.17) is 11.3 Å². The van der Waals surface area contributed by atoms with Crippen LogP contribution in [0.2, 0.25) is 0 Å². The molecule has 1 atom stereocenters.